The molecule has 0 fully saturated rings. The number of nitrogens with one attached hydrogen (secondary N) is 2. The van der Waals surface area contributed by atoms with E-state index in [0.717, 1.165) is 36.4 Å². The van der Waals surface area contributed by atoms with E-state index < -0.39 is 78.6 Å². The van der Waals surface area contributed by atoms with Crippen LogP contribution in [0.5, 0.6) is 5.75 Å². The highest BCUT2D eigenvalue weighted by Crippen LogP contribution is 2.43. The molecule has 6 N–H and O–H groups in total. The Labute approximate surface area is 306 Å². The Kier molecular flexibility index (Phi) is 9.88. The highest BCUT2D eigenvalue weighted by molar-refractivity contribution is 7.86. The van der Waals surface area contributed by atoms with Crippen molar-refractivity contribution in [2.45, 2.75) is 19.6 Å². The molecule has 1 aromatic heterocycles. The number of benzene rings is 5. The van der Waals surface area contributed by atoms with Crippen molar-refractivity contribution >= 4 is 109 Å². The lowest BCUT2D eigenvalue weighted by Crippen LogP contribution is -2.04. The lowest BCUT2D eigenvalue weighted by molar-refractivity contribution is 0.472. The first-order valence-electron chi connectivity index (χ1n) is 14.1. The van der Waals surface area contributed by atoms with Crippen molar-refractivity contribution < 1.29 is 52.8 Å². The Hall–Kier alpha value is -5.24. The highest BCUT2D eigenvalue weighted by atomic mass is 35.5. The second kappa shape index (κ2) is 14.0. The smallest absolute Gasteiger partial charge is 0.297 e. The van der Waals surface area contributed by atoms with Crippen LogP contribution in [0.25, 0.3) is 21.5 Å². The number of phenols is 1. The largest absolute Gasteiger partial charge is 0.768 e. The first-order chi connectivity index (χ1) is 24.8. The van der Waals surface area contributed by atoms with Crippen molar-refractivity contribution in [1.82, 2.24) is 15.0 Å². The van der Waals surface area contributed by atoms with Crippen LogP contribution in [-0.2, 0) is 41.4 Å². The van der Waals surface area contributed by atoms with Gasteiger partial charge < -0.3 is 20.3 Å². The summed E-state index contributed by atoms with van der Waals surface area (Å²) < 4.78 is 125. The standard InChI is InChI=1S/C29H20ClN7O12S4/c30-27-33-28(31-15-4-7-17(8-5-15)50(39)40)35-29(34-27)32-16-6-9-18-14(12-16)13-23(52(44,45)46)24(25(18)38)37-36-21-11-10-19-20(26(21)53(47,48)49)2-1-3-22(19)51(41,42)43/h1-13,38H,(H,39,40)(H,41,42,43)(H,44,45,46)(H,47,48,49)(H2,31,32,33,34,35)/p-1. The number of aromatic nitrogens is 3. The first-order valence-corrected chi connectivity index (χ1v) is 19.9. The van der Waals surface area contributed by atoms with E-state index in [2.05, 4.69) is 35.8 Å². The molecule has 0 saturated heterocycles. The van der Waals surface area contributed by atoms with Gasteiger partial charge in [-0.05, 0) is 88.7 Å². The molecule has 19 nitrogen and oxygen atoms in total. The number of anilines is 4. The molecule has 1 atom stereocenters. The van der Waals surface area contributed by atoms with Gasteiger partial charge in [-0.15, -0.1) is 10.2 Å². The number of hydrogen-bond acceptors (Lipinski definition) is 16. The third-order valence-corrected chi connectivity index (χ3v) is 10.8. The van der Waals surface area contributed by atoms with Crippen molar-refractivity contribution in [3.05, 3.63) is 84.1 Å². The van der Waals surface area contributed by atoms with Crippen LogP contribution >= 0.6 is 11.6 Å². The second-order valence-corrected chi connectivity index (χ2v) is 16.1. The molecule has 0 radical (unpaired) electrons. The Balaban J connectivity index is 1.38. The number of fused-ring (bicyclic) bond motifs is 2. The van der Waals surface area contributed by atoms with Crippen LogP contribution in [0.3, 0.4) is 0 Å². The molecule has 0 aliphatic carbocycles. The minimum absolute atomic E-state index is 0.0236. The lowest BCUT2D eigenvalue weighted by Gasteiger charge is -2.12. The van der Waals surface area contributed by atoms with Gasteiger partial charge in [0, 0.05) is 32.4 Å². The number of phenolic OH excluding ortho intramolecular Hbond substituents is 1. The molecule has 1 heterocycles. The molecule has 0 aliphatic rings. The molecule has 5 aromatic carbocycles. The van der Waals surface area contributed by atoms with Crippen LogP contribution in [0, 0.1) is 0 Å². The maximum Gasteiger partial charge on any atom is 0.297 e. The zero-order chi connectivity index (χ0) is 38.5. The number of hydrogen-bond donors (Lipinski definition) is 6. The molecule has 0 amide bonds. The lowest BCUT2D eigenvalue weighted by atomic mass is 10.1. The van der Waals surface area contributed by atoms with Gasteiger partial charge in [0.05, 0.1) is 0 Å². The third kappa shape index (κ3) is 8.07. The minimum atomic E-state index is -5.18. The summed E-state index contributed by atoms with van der Waals surface area (Å²) in [5.74, 6) is -0.953. The molecular formula is C29H19ClN7O12S4-. The first kappa shape index (κ1) is 37.5. The zero-order valence-electron chi connectivity index (χ0n) is 25.8. The third-order valence-electron chi connectivity index (χ3n) is 7.24. The van der Waals surface area contributed by atoms with E-state index in [-0.39, 0.29) is 43.9 Å². The second-order valence-electron chi connectivity index (χ2n) is 10.7. The number of aromatic hydroxyl groups is 1. The van der Waals surface area contributed by atoms with Crippen molar-refractivity contribution in [2.24, 2.45) is 10.2 Å². The Morgan fingerprint density at radius 1 is 0.679 bits per heavy atom. The van der Waals surface area contributed by atoms with Gasteiger partial charge in [0.25, 0.3) is 30.4 Å². The summed E-state index contributed by atoms with van der Waals surface area (Å²) in [4.78, 5) is 9.60. The quantitative estimate of drug-likeness (QED) is 0.0571. The molecule has 274 valence electrons. The van der Waals surface area contributed by atoms with E-state index in [4.69, 9.17) is 11.6 Å². The summed E-state index contributed by atoms with van der Waals surface area (Å²) in [5, 5.41) is 23.3. The van der Waals surface area contributed by atoms with Gasteiger partial charge in [0.15, 0.2) is 5.75 Å². The van der Waals surface area contributed by atoms with Crippen LogP contribution in [0.2, 0.25) is 5.28 Å². The van der Waals surface area contributed by atoms with E-state index in [1.54, 1.807) is 0 Å². The van der Waals surface area contributed by atoms with Gasteiger partial charge in [0.1, 0.15) is 26.1 Å². The van der Waals surface area contributed by atoms with Crippen LogP contribution < -0.4 is 10.6 Å². The van der Waals surface area contributed by atoms with Gasteiger partial charge in [-0.25, -0.2) is 0 Å². The summed E-state index contributed by atoms with van der Waals surface area (Å²) in [6.45, 7) is 0. The molecule has 0 bridgehead atoms. The predicted molar refractivity (Wildman–Crippen MR) is 188 cm³/mol. The minimum Gasteiger partial charge on any atom is -0.768 e. The molecule has 0 spiro atoms. The normalized spacial score (nSPS) is 13.1. The summed E-state index contributed by atoms with van der Waals surface area (Å²) in [6.07, 6.45) is 0. The molecule has 6 rings (SSSR count). The van der Waals surface area contributed by atoms with Gasteiger partial charge in [0.2, 0.25) is 17.2 Å². The predicted octanol–water partition coefficient (Wildman–Crippen LogP) is 5.42. The Morgan fingerprint density at radius 3 is 1.89 bits per heavy atom. The molecular weight excluding hydrogens is 802 g/mol. The molecule has 1 unspecified atom stereocenters. The van der Waals surface area contributed by atoms with E-state index in [1.165, 1.54) is 42.5 Å². The van der Waals surface area contributed by atoms with Crippen LogP contribution in [0.15, 0.2) is 109 Å². The van der Waals surface area contributed by atoms with Gasteiger partial charge in [-0.2, -0.15) is 40.2 Å². The van der Waals surface area contributed by atoms with E-state index >= 15 is 0 Å². The summed E-state index contributed by atoms with van der Waals surface area (Å²) in [7, 11) is -15.2. The Bertz CT molecular complexity index is 2880. The van der Waals surface area contributed by atoms with Crippen LogP contribution in [-0.4, -0.2) is 67.7 Å². The molecule has 24 heteroatoms. The number of azo groups is 1. The summed E-state index contributed by atoms with van der Waals surface area (Å²) in [6, 6.07) is 15.8. The topological polar surface area (TPSA) is 311 Å². The average molecular weight is 821 g/mol. The molecule has 53 heavy (non-hydrogen) atoms. The van der Waals surface area contributed by atoms with E-state index in [1.807, 2.05) is 0 Å². The monoisotopic (exact) mass is 820 g/mol. The maximum absolute atomic E-state index is 12.5. The average Bonchev–Trinajstić information content (AvgIpc) is 3.05. The van der Waals surface area contributed by atoms with Crippen molar-refractivity contribution in [3.8, 4) is 5.75 Å². The fourth-order valence-electron chi connectivity index (χ4n) is 5.06. The number of nitrogens with zero attached hydrogens (tertiary/aromatic N) is 5. The van der Waals surface area contributed by atoms with Crippen molar-refractivity contribution in [2.75, 3.05) is 10.6 Å². The number of rotatable bonds is 10. The van der Waals surface area contributed by atoms with Crippen molar-refractivity contribution in [3.63, 3.8) is 0 Å². The van der Waals surface area contributed by atoms with Gasteiger partial charge >= 0.3 is 0 Å². The fourth-order valence-corrected chi connectivity index (χ4v) is 7.77. The fraction of sp³-hybridized carbons (Fsp3) is 0. The Morgan fingerprint density at radius 2 is 1.28 bits per heavy atom. The molecule has 6 aromatic rings. The SMILES string of the molecule is O=S([O-])c1ccc(Nc2nc(Cl)nc(Nc3ccc4c(O)c(N=Nc5ccc6c(S(=O)(=O)O)cccc6c5S(=O)(=O)O)c(S(=O)(=O)O)cc4c3)n2)cc1. The molecule has 0 aliphatic heterocycles. The zero-order valence-corrected chi connectivity index (χ0v) is 29.8. The summed E-state index contributed by atoms with van der Waals surface area (Å²) >= 11 is 3.64. The molecule has 0 saturated carbocycles. The van der Waals surface area contributed by atoms with Crippen LogP contribution in [0.1, 0.15) is 0 Å². The maximum atomic E-state index is 12.5. The van der Waals surface area contributed by atoms with Gasteiger partial charge in [-0.1, -0.05) is 18.2 Å². The number of halogens is 1. The van der Waals surface area contributed by atoms with E-state index in [9.17, 15) is 52.8 Å². The van der Waals surface area contributed by atoms with Crippen LogP contribution in [0.4, 0.5) is 34.6 Å². The summed E-state index contributed by atoms with van der Waals surface area (Å²) in [5.41, 5.74) is -0.821. The highest BCUT2D eigenvalue weighted by Gasteiger charge is 2.26. The van der Waals surface area contributed by atoms with E-state index in [0.29, 0.717) is 5.69 Å². The van der Waals surface area contributed by atoms with Gasteiger partial charge in [-0.3, -0.25) is 17.9 Å². The van der Waals surface area contributed by atoms with Crippen molar-refractivity contribution in [1.29, 1.82) is 0 Å².